The summed E-state index contributed by atoms with van der Waals surface area (Å²) in [5.41, 5.74) is 20.2. The monoisotopic (exact) mass is 932 g/mol. The Morgan fingerprint density at radius 3 is 1.06 bits per heavy atom. The van der Waals surface area contributed by atoms with Crippen LogP contribution in [0.1, 0.15) is 72.2 Å². The van der Waals surface area contributed by atoms with Crippen molar-refractivity contribution in [2.45, 2.75) is 65.6 Å². The van der Waals surface area contributed by atoms with Gasteiger partial charge < -0.3 is 24.0 Å². The number of aryl methyl sites for hydroxylation is 2. The van der Waals surface area contributed by atoms with Crippen molar-refractivity contribution in [2.75, 3.05) is 9.80 Å². The minimum absolute atomic E-state index is 0.261. The number of nitrogens with zero attached hydrogens (tertiary/aromatic N) is 2. The lowest BCUT2D eigenvalue weighted by Gasteiger charge is -2.28. The van der Waals surface area contributed by atoms with Gasteiger partial charge in [0.1, 0.15) is 11.5 Å². The normalized spacial score (nSPS) is 13.3. The van der Waals surface area contributed by atoms with E-state index < -0.39 is 11.9 Å². The third-order valence-electron chi connectivity index (χ3n) is 14.0. The Labute approximate surface area is 416 Å². The van der Waals surface area contributed by atoms with Gasteiger partial charge in [0, 0.05) is 57.1 Å². The van der Waals surface area contributed by atoms with E-state index in [4.69, 9.17) is 14.2 Å². The highest BCUT2D eigenvalue weighted by Gasteiger charge is 2.38. The van der Waals surface area contributed by atoms with Crippen LogP contribution < -0.4 is 19.3 Å². The molecular weight excluding hydrogens is 877 g/mol. The second-order valence-electron chi connectivity index (χ2n) is 19.5. The van der Waals surface area contributed by atoms with E-state index in [1.807, 2.05) is 48.5 Å². The fraction of sp³-hybridized carbons (Fsp3) is 0.156. The van der Waals surface area contributed by atoms with Crippen molar-refractivity contribution in [3.8, 4) is 33.8 Å². The molecule has 0 saturated heterocycles. The minimum atomic E-state index is -0.491. The molecular formula is C64H56N2O5. The number of hydrogen-bond acceptors (Lipinski definition) is 7. The third kappa shape index (κ3) is 8.86. The van der Waals surface area contributed by atoms with E-state index in [2.05, 4.69) is 186 Å². The molecule has 0 heterocycles. The lowest BCUT2D eigenvalue weighted by molar-refractivity contribution is -0.129. The molecule has 2 aliphatic rings. The molecule has 8 aromatic carbocycles. The summed E-state index contributed by atoms with van der Waals surface area (Å²) >= 11 is 0. The molecule has 0 amide bonds. The summed E-state index contributed by atoms with van der Waals surface area (Å²) in [6.07, 6.45) is 2.33. The zero-order chi connectivity index (χ0) is 49.6. The van der Waals surface area contributed by atoms with E-state index in [0.717, 1.165) is 57.4 Å². The molecule has 0 radical (unpaired) electrons. The number of esters is 2. The van der Waals surface area contributed by atoms with Crippen LogP contribution in [0.15, 0.2) is 195 Å². The van der Waals surface area contributed by atoms with E-state index in [0.29, 0.717) is 24.7 Å². The van der Waals surface area contributed by atoms with Crippen LogP contribution in [-0.2, 0) is 38.4 Å². The molecule has 8 aromatic rings. The molecule has 0 saturated carbocycles. The summed E-state index contributed by atoms with van der Waals surface area (Å²) in [5, 5.41) is 0. The summed E-state index contributed by atoms with van der Waals surface area (Å²) in [5.74, 6) is -0.0577. The van der Waals surface area contributed by atoms with Crippen LogP contribution in [0, 0.1) is 13.8 Å². The fourth-order valence-corrected chi connectivity index (χ4v) is 10.2. The standard InChI is InChI=1S/C64H56N2O5/c1-9-61(67)70-51-27-21-47(22-28-51)65(45-17-11-41(3)12-18-45)49-25-33-55-53-31-15-43(35-57(53)63(5,6)59(55)37-49)39-69-40-44-16-32-54-56-34-26-50(38-60(56)64(7,8)58(54)36-44)66(46-19-13-42(4)14-20-46)48-23-29-52(30-24-48)71-62(68)10-2/h9-38H,1-2,39-40H2,3-8H3. The maximum Gasteiger partial charge on any atom is 0.335 e. The maximum atomic E-state index is 11.9. The quantitative estimate of drug-likeness (QED) is 0.0611. The lowest BCUT2D eigenvalue weighted by atomic mass is 9.81. The van der Waals surface area contributed by atoms with E-state index >= 15 is 0 Å². The average molecular weight is 933 g/mol. The fourth-order valence-electron chi connectivity index (χ4n) is 10.2. The third-order valence-corrected chi connectivity index (χ3v) is 14.0. The first-order chi connectivity index (χ1) is 34.2. The van der Waals surface area contributed by atoms with Crippen LogP contribution in [0.2, 0.25) is 0 Å². The van der Waals surface area contributed by atoms with Gasteiger partial charge in [-0.25, -0.2) is 9.59 Å². The smallest absolute Gasteiger partial charge is 0.335 e. The van der Waals surface area contributed by atoms with Gasteiger partial charge in [-0.15, -0.1) is 0 Å². The predicted octanol–water partition coefficient (Wildman–Crippen LogP) is 15.8. The zero-order valence-electron chi connectivity index (χ0n) is 41.1. The first-order valence-corrected chi connectivity index (χ1v) is 24.0. The van der Waals surface area contributed by atoms with Crippen LogP contribution in [0.4, 0.5) is 34.1 Å². The molecule has 0 atom stereocenters. The second kappa shape index (κ2) is 18.6. The first-order valence-electron chi connectivity index (χ1n) is 24.0. The highest BCUT2D eigenvalue weighted by Crippen LogP contribution is 2.53. The van der Waals surface area contributed by atoms with Crippen LogP contribution >= 0.6 is 0 Å². The number of hydrogen-bond donors (Lipinski definition) is 0. The van der Waals surface area contributed by atoms with E-state index in [9.17, 15) is 9.59 Å². The molecule has 0 N–H and O–H groups in total. The number of ether oxygens (including phenoxy) is 3. The number of carbonyl (C=O) groups excluding carboxylic acids is 2. The molecule has 71 heavy (non-hydrogen) atoms. The Morgan fingerprint density at radius 2 is 0.718 bits per heavy atom. The summed E-state index contributed by atoms with van der Waals surface area (Å²) < 4.78 is 17.3. The molecule has 0 bridgehead atoms. The van der Waals surface area contributed by atoms with E-state index in [-0.39, 0.29) is 10.8 Å². The molecule has 7 nitrogen and oxygen atoms in total. The van der Waals surface area contributed by atoms with Gasteiger partial charge in [0.15, 0.2) is 0 Å². The first kappa shape index (κ1) is 46.5. The van der Waals surface area contributed by atoms with Gasteiger partial charge in [0.2, 0.25) is 0 Å². The molecule has 7 heteroatoms. The Morgan fingerprint density at radius 1 is 0.423 bits per heavy atom. The second-order valence-corrected chi connectivity index (χ2v) is 19.5. The number of carbonyl (C=O) groups is 2. The largest absolute Gasteiger partial charge is 0.423 e. The van der Waals surface area contributed by atoms with Crippen LogP contribution in [0.25, 0.3) is 22.3 Å². The molecule has 10 rings (SSSR count). The summed E-state index contributed by atoms with van der Waals surface area (Å²) in [7, 11) is 0. The van der Waals surface area contributed by atoms with Crippen LogP contribution in [0.3, 0.4) is 0 Å². The van der Waals surface area contributed by atoms with Gasteiger partial charge in [-0.3, -0.25) is 0 Å². The molecule has 0 unspecified atom stereocenters. The molecule has 0 spiro atoms. The van der Waals surface area contributed by atoms with Crippen LogP contribution in [-0.4, -0.2) is 11.9 Å². The summed E-state index contributed by atoms with van der Waals surface area (Å²) in [6, 6.07) is 59.2. The highest BCUT2D eigenvalue weighted by molar-refractivity contribution is 5.88. The Kier molecular flexibility index (Phi) is 12.2. The summed E-state index contributed by atoms with van der Waals surface area (Å²) in [6.45, 7) is 21.4. The Balaban J connectivity index is 0.863. The SMILES string of the molecule is C=CC(=O)Oc1ccc(N(c2ccc(C)cc2)c2ccc3c(c2)C(C)(C)c2cc(COCc4ccc5c(c4)C(C)(C)c4cc(N(c6ccc(C)cc6)c6ccc(OC(=O)C=C)cc6)ccc4-5)ccc2-3)cc1. The predicted molar refractivity (Wildman–Crippen MR) is 287 cm³/mol. The van der Waals surface area contributed by atoms with Crippen LogP contribution in [0.5, 0.6) is 11.5 Å². The number of rotatable bonds is 14. The van der Waals surface area contributed by atoms with Crippen molar-refractivity contribution < 1.29 is 23.8 Å². The zero-order valence-corrected chi connectivity index (χ0v) is 41.1. The Bertz CT molecular complexity index is 3140. The van der Waals surface area contributed by atoms with Gasteiger partial charge in [0.25, 0.3) is 0 Å². The molecule has 0 aliphatic heterocycles. The molecule has 2 aliphatic carbocycles. The van der Waals surface area contributed by atoms with Crippen molar-refractivity contribution in [2.24, 2.45) is 0 Å². The van der Waals surface area contributed by atoms with Gasteiger partial charge >= 0.3 is 11.9 Å². The van der Waals surface area contributed by atoms with Gasteiger partial charge in [-0.05, 0) is 167 Å². The van der Waals surface area contributed by atoms with E-state index in [1.54, 1.807) is 0 Å². The number of benzene rings is 8. The maximum absolute atomic E-state index is 11.9. The van der Waals surface area contributed by atoms with Gasteiger partial charge in [0.05, 0.1) is 13.2 Å². The molecule has 0 aromatic heterocycles. The Hall–Kier alpha value is -8.26. The van der Waals surface area contributed by atoms with Gasteiger partial charge in [-0.2, -0.15) is 0 Å². The summed E-state index contributed by atoms with van der Waals surface area (Å²) in [4.78, 5) is 28.3. The molecule has 0 fully saturated rings. The minimum Gasteiger partial charge on any atom is -0.423 e. The van der Waals surface area contributed by atoms with Crippen molar-refractivity contribution in [1.82, 2.24) is 0 Å². The van der Waals surface area contributed by atoms with Crippen molar-refractivity contribution >= 4 is 46.1 Å². The highest BCUT2D eigenvalue weighted by atomic mass is 16.5. The average Bonchev–Trinajstić information content (AvgIpc) is 3.74. The number of fused-ring (bicyclic) bond motifs is 6. The van der Waals surface area contributed by atoms with Crippen molar-refractivity contribution in [3.63, 3.8) is 0 Å². The number of anilines is 6. The van der Waals surface area contributed by atoms with Crippen molar-refractivity contribution in [1.29, 1.82) is 0 Å². The topological polar surface area (TPSA) is 68.3 Å². The van der Waals surface area contributed by atoms with E-state index in [1.165, 1.54) is 55.6 Å². The lowest BCUT2D eigenvalue weighted by Crippen LogP contribution is -2.17. The van der Waals surface area contributed by atoms with Crippen molar-refractivity contribution in [3.05, 3.63) is 240 Å². The van der Waals surface area contributed by atoms with Gasteiger partial charge in [-0.1, -0.05) is 125 Å². The molecule has 352 valence electrons.